The number of anilines is 1. The molecule has 1 amide bonds. The van der Waals surface area contributed by atoms with Gasteiger partial charge in [0.15, 0.2) is 5.65 Å². The van der Waals surface area contributed by atoms with Crippen molar-refractivity contribution in [3.05, 3.63) is 48.4 Å². The summed E-state index contributed by atoms with van der Waals surface area (Å²) in [7, 11) is 3.58. The highest BCUT2D eigenvalue weighted by molar-refractivity contribution is 5.87. The largest absolute Gasteiger partial charge is 0.383 e. The van der Waals surface area contributed by atoms with Gasteiger partial charge in [0.25, 0.3) is 0 Å². The Balaban J connectivity index is 1.29. The van der Waals surface area contributed by atoms with Gasteiger partial charge in [-0.3, -0.25) is 14.4 Å². The number of fused-ring (bicyclic) bond motifs is 1. The smallest absolute Gasteiger partial charge is 0.236 e. The van der Waals surface area contributed by atoms with Crippen LogP contribution in [0.4, 0.5) is 5.82 Å². The molecule has 9 heteroatoms. The molecule has 1 aromatic carbocycles. The topological polar surface area (TPSA) is 79.6 Å². The predicted molar refractivity (Wildman–Crippen MR) is 128 cm³/mol. The highest BCUT2D eigenvalue weighted by atomic mass is 16.5. The van der Waals surface area contributed by atoms with Gasteiger partial charge in [0.2, 0.25) is 5.91 Å². The molecule has 1 aliphatic rings. The third-order valence-corrected chi connectivity index (χ3v) is 6.19. The minimum absolute atomic E-state index is 0.180. The summed E-state index contributed by atoms with van der Waals surface area (Å²) < 4.78 is 7.03. The second-order valence-corrected chi connectivity index (χ2v) is 8.43. The summed E-state index contributed by atoms with van der Waals surface area (Å²) in [5.41, 5.74) is 2.15. The van der Waals surface area contributed by atoms with Gasteiger partial charge in [-0.05, 0) is 24.9 Å². The first-order valence-corrected chi connectivity index (χ1v) is 11.6. The number of amides is 1. The van der Waals surface area contributed by atoms with E-state index in [0.717, 1.165) is 55.9 Å². The Kier molecular flexibility index (Phi) is 7.85. The van der Waals surface area contributed by atoms with E-state index in [0.29, 0.717) is 26.2 Å². The van der Waals surface area contributed by atoms with Crippen LogP contribution in [0.1, 0.15) is 12.0 Å². The fraction of sp³-hybridized carbons (Fsp3) is 0.500. The SMILES string of the molecule is COCCN(CCCc1ccccc1)CC(=O)N1CCN(c2ncnc3c2cnn3C)CC1. The third kappa shape index (κ3) is 5.85. The molecule has 33 heavy (non-hydrogen) atoms. The lowest BCUT2D eigenvalue weighted by atomic mass is 10.1. The average molecular weight is 452 g/mol. The molecule has 1 aliphatic heterocycles. The second kappa shape index (κ2) is 11.2. The molecule has 0 N–H and O–H groups in total. The van der Waals surface area contributed by atoms with Gasteiger partial charge in [-0.25, -0.2) is 9.97 Å². The molecular weight excluding hydrogens is 418 g/mol. The minimum Gasteiger partial charge on any atom is -0.383 e. The number of nitrogens with zero attached hydrogens (tertiary/aromatic N) is 7. The van der Waals surface area contributed by atoms with E-state index in [2.05, 4.69) is 49.1 Å². The Morgan fingerprint density at radius 3 is 2.64 bits per heavy atom. The zero-order valence-corrected chi connectivity index (χ0v) is 19.6. The first kappa shape index (κ1) is 23.1. The molecule has 1 fully saturated rings. The Morgan fingerprint density at radius 2 is 1.88 bits per heavy atom. The number of carbonyl (C=O) groups is 1. The van der Waals surface area contributed by atoms with Gasteiger partial charge in [-0.15, -0.1) is 0 Å². The molecule has 9 nitrogen and oxygen atoms in total. The van der Waals surface area contributed by atoms with E-state index >= 15 is 0 Å². The van der Waals surface area contributed by atoms with Crippen molar-refractivity contribution < 1.29 is 9.53 Å². The zero-order chi connectivity index (χ0) is 23.0. The number of aryl methyl sites for hydroxylation is 2. The summed E-state index contributed by atoms with van der Waals surface area (Å²) in [6, 6.07) is 10.5. The molecule has 3 aromatic rings. The van der Waals surface area contributed by atoms with Gasteiger partial charge in [-0.1, -0.05) is 30.3 Å². The van der Waals surface area contributed by atoms with Crippen molar-refractivity contribution in [1.29, 1.82) is 0 Å². The van der Waals surface area contributed by atoms with Crippen molar-refractivity contribution in [1.82, 2.24) is 29.5 Å². The number of hydrogen-bond acceptors (Lipinski definition) is 7. The van der Waals surface area contributed by atoms with Crippen LogP contribution in [0.5, 0.6) is 0 Å². The van der Waals surface area contributed by atoms with Gasteiger partial charge in [0.05, 0.1) is 24.7 Å². The molecule has 0 spiro atoms. The summed E-state index contributed by atoms with van der Waals surface area (Å²) in [5.74, 6) is 1.07. The van der Waals surface area contributed by atoms with Crippen molar-refractivity contribution in [3.8, 4) is 0 Å². The fourth-order valence-electron chi connectivity index (χ4n) is 4.30. The zero-order valence-electron chi connectivity index (χ0n) is 19.6. The molecule has 0 aliphatic carbocycles. The van der Waals surface area contributed by atoms with Gasteiger partial charge < -0.3 is 14.5 Å². The summed E-state index contributed by atoms with van der Waals surface area (Å²) in [6.07, 6.45) is 5.42. The highest BCUT2D eigenvalue weighted by Gasteiger charge is 2.25. The Hall–Kier alpha value is -3.04. The van der Waals surface area contributed by atoms with E-state index in [1.54, 1.807) is 18.1 Å². The maximum atomic E-state index is 13.0. The van der Waals surface area contributed by atoms with E-state index in [-0.39, 0.29) is 5.91 Å². The first-order chi connectivity index (χ1) is 16.2. The second-order valence-electron chi connectivity index (χ2n) is 8.43. The number of aromatic nitrogens is 4. The van der Waals surface area contributed by atoms with Crippen molar-refractivity contribution in [2.24, 2.45) is 7.05 Å². The average Bonchev–Trinajstić information content (AvgIpc) is 3.24. The van der Waals surface area contributed by atoms with Crippen molar-refractivity contribution >= 4 is 22.8 Å². The maximum Gasteiger partial charge on any atom is 0.236 e. The van der Waals surface area contributed by atoms with Crippen LogP contribution < -0.4 is 4.90 Å². The monoisotopic (exact) mass is 451 g/mol. The molecular formula is C24H33N7O2. The van der Waals surface area contributed by atoms with Crippen LogP contribution in [-0.4, -0.2) is 95.0 Å². The lowest BCUT2D eigenvalue weighted by Crippen LogP contribution is -2.51. The molecule has 176 valence electrons. The van der Waals surface area contributed by atoms with E-state index in [4.69, 9.17) is 4.74 Å². The van der Waals surface area contributed by atoms with E-state index < -0.39 is 0 Å². The number of hydrogen-bond donors (Lipinski definition) is 0. The molecule has 4 rings (SSSR count). The highest BCUT2D eigenvalue weighted by Crippen LogP contribution is 2.23. The number of carbonyl (C=O) groups excluding carboxylic acids is 1. The third-order valence-electron chi connectivity index (χ3n) is 6.19. The number of piperazine rings is 1. The lowest BCUT2D eigenvalue weighted by Gasteiger charge is -2.36. The van der Waals surface area contributed by atoms with E-state index in [1.165, 1.54) is 5.56 Å². The van der Waals surface area contributed by atoms with Crippen LogP contribution in [0.2, 0.25) is 0 Å². The molecule has 3 heterocycles. The maximum absolute atomic E-state index is 13.0. The quantitative estimate of drug-likeness (QED) is 0.463. The molecule has 1 saturated heterocycles. The van der Waals surface area contributed by atoms with Gasteiger partial charge in [-0.2, -0.15) is 5.10 Å². The van der Waals surface area contributed by atoms with Crippen LogP contribution in [0, 0.1) is 0 Å². The normalized spacial score (nSPS) is 14.4. The lowest BCUT2D eigenvalue weighted by molar-refractivity contribution is -0.132. The van der Waals surface area contributed by atoms with Gasteiger partial charge in [0, 0.05) is 46.9 Å². The van der Waals surface area contributed by atoms with Crippen LogP contribution in [-0.2, 0) is 23.0 Å². The Bertz CT molecular complexity index is 1030. The van der Waals surface area contributed by atoms with Crippen molar-refractivity contribution in [3.63, 3.8) is 0 Å². The van der Waals surface area contributed by atoms with Crippen LogP contribution in [0.3, 0.4) is 0 Å². The number of rotatable bonds is 10. The number of methoxy groups -OCH3 is 1. The molecule has 0 bridgehead atoms. The van der Waals surface area contributed by atoms with Gasteiger partial charge in [0.1, 0.15) is 12.1 Å². The molecule has 0 unspecified atom stereocenters. The van der Waals surface area contributed by atoms with Crippen molar-refractivity contribution in [2.75, 3.05) is 64.4 Å². The Morgan fingerprint density at radius 1 is 1.09 bits per heavy atom. The van der Waals surface area contributed by atoms with Crippen molar-refractivity contribution in [2.45, 2.75) is 12.8 Å². The first-order valence-electron chi connectivity index (χ1n) is 11.6. The van der Waals surface area contributed by atoms with Gasteiger partial charge >= 0.3 is 0 Å². The predicted octanol–water partition coefficient (Wildman–Crippen LogP) is 1.59. The molecule has 0 atom stereocenters. The number of benzene rings is 1. The fourth-order valence-corrected chi connectivity index (χ4v) is 4.30. The molecule has 0 saturated carbocycles. The number of ether oxygens (including phenoxy) is 1. The van der Waals surface area contributed by atoms with Crippen LogP contribution in [0.15, 0.2) is 42.9 Å². The summed E-state index contributed by atoms with van der Waals surface area (Å²) >= 11 is 0. The summed E-state index contributed by atoms with van der Waals surface area (Å²) in [6.45, 7) is 5.57. The minimum atomic E-state index is 0.180. The molecule has 2 aromatic heterocycles. The van der Waals surface area contributed by atoms with Crippen LogP contribution >= 0.6 is 0 Å². The van der Waals surface area contributed by atoms with E-state index in [9.17, 15) is 4.79 Å². The van der Waals surface area contributed by atoms with Crippen LogP contribution in [0.25, 0.3) is 11.0 Å². The summed E-state index contributed by atoms with van der Waals surface area (Å²) in [5, 5.41) is 5.25. The van der Waals surface area contributed by atoms with E-state index in [1.807, 2.05) is 24.2 Å². The summed E-state index contributed by atoms with van der Waals surface area (Å²) in [4.78, 5) is 28.3. The standard InChI is InChI=1S/C24H33N7O2/c1-28-23-21(17-27-28)24(26-19-25-23)31-13-11-30(12-14-31)22(32)18-29(15-16-33-2)10-6-9-20-7-4-3-5-8-20/h3-5,7-8,17,19H,6,9-16,18H2,1-2H3. The molecule has 0 radical (unpaired) electrons. The Labute approximate surface area is 195 Å².